The molecule has 4 saturated carbocycles. The van der Waals surface area contributed by atoms with Crippen LogP contribution in [0.5, 0.6) is 0 Å². The molecule has 3 unspecified atom stereocenters. The third-order valence-corrected chi connectivity index (χ3v) is 25.1. The van der Waals surface area contributed by atoms with Crippen LogP contribution in [0.1, 0.15) is 214 Å². The van der Waals surface area contributed by atoms with Gasteiger partial charge in [-0.2, -0.15) is 13.2 Å². The molecule has 0 aromatic rings. The van der Waals surface area contributed by atoms with E-state index in [1.165, 1.54) is 88.4 Å². The number of carbonyl (C=O) groups excluding carboxylic acids is 12. The molecule has 8 aliphatic rings. The second kappa shape index (κ2) is 35.7. The summed E-state index contributed by atoms with van der Waals surface area (Å²) in [4.78, 5) is 193. The Balaban J connectivity index is 1.16. The van der Waals surface area contributed by atoms with E-state index in [4.69, 9.17) is 11.6 Å². The average Bonchev–Trinajstić information content (AvgIpc) is 1.37. The van der Waals surface area contributed by atoms with Gasteiger partial charge in [0, 0.05) is 73.8 Å². The lowest BCUT2D eigenvalue weighted by Crippen LogP contribution is -2.65. The van der Waals surface area contributed by atoms with Gasteiger partial charge < -0.3 is 60.0 Å². The molecule has 28 heteroatoms. The van der Waals surface area contributed by atoms with Crippen LogP contribution < -0.4 is 16.0 Å². The number of likely N-dealkylation sites (tertiary alicyclic amines) is 1. The van der Waals surface area contributed by atoms with Crippen LogP contribution in [-0.4, -0.2) is 261 Å². The first-order chi connectivity index (χ1) is 48.2. The van der Waals surface area contributed by atoms with E-state index in [1.54, 1.807) is 25.7 Å². The van der Waals surface area contributed by atoms with E-state index in [0.29, 0.717) is 51.6 Å². The number of alkyl halides is 4. The molecular weight excluding hydrogens is 1340 g/mol. The van der Waals surface area contributed by atoms with Gasteiger partial charge in [0.25, 0.3) is 0 Å². The molecule has 13 atom stereocenters. The quantitative estimate of drug-likeness (QED) is 0.184. The number of nitrogens with zero attached hydrogens (tertiary/aromatic N) is 9. The lowest BCUT2D eigenvalue weighted by Gasteiger charge is -2.46. The highest BCUT2D eigenvalue weighted by molar-refractivity contribution is 6.21. The van der Waals surface area contributed by atoms with E-state index in [2.05, 4.69) is 16.0 Å². The monoisotopic (exact) mass is 1460 g/mol. The fraction of sp³-hybridized carbons (Fsp3) is 0.838. The van der Waals surface area contributed by atoms with Crippen LogP contribution in [0.4, 0.5) is 13.2 Å². The van der Waals surface area contributed by atoms with Crippen LogP contribution in [0, 0.1) is 35.5 Å². The van der Waals surface area contributed by atoms with E-state index in [9.17, 15) is 32.3 Å². The van der Waals surface area contributed by atoms with Crippen molar-refractivity contribution >= 4 is 82.5 Å². The summed E-state index contributed by atoms with van der Waals surface area (Å²) >= 11 is 6.42. The first-order valence-electron chi connectivity index (χ1n) is 38.3. The summed E-state index contributed by atoms with van der Waals surface area (Å²) in [5.74, 6) is -10.3. The van der Waals surface area contributed by atoms with E-state index >= 15 is 38.4 Å². The third-order valence-electron chi connectivity index (χ3n) is 24.6. The summed E-state index contributed by atoms with van der Waals surface area (Å²) in [6, 6.07) is -10.7. The molecular formula is C74H118ClF3N12O12. The molecule has 3 N–H and O–H groups in total. The number of nitrogens with one attached hydrogen (secondary N) is 3. The van der Waals surface area contributed by atoms with Crippen molar-refractivity contribution in [2.75, 3.05) is 75.0 Å². The van der Waals surface area contributed by atoms with Crippen LogP contribution in [0.25, 0.3) is 0 Å². The van der Waals surface area contributed by atoms with Gasteiger partial charge in [-0.25, -0.2) is 0 Å². The van der Waals surface area contributed by atoms with Gasteiger partial charge in [-0.05, 0) is 133 Å². The summed E-state index contributed by atoms with van der Waals surface area (Å²) in [5.41, 5.74) is -1.56. The second-order valence-electron chi connectivity index (χ2n) is 31.8. The van der Waals surface area contributed by atoms with Crippen molar-refractivity contribution in [3.05, 3.63) is 0 Å². The SMILES string of the molecule is CC[C@H](C)[C@@H]1NC(=O)[C@H](C)N(C)C(=O)C[C@@H](C(=O)N2CCCCC2)N(C)C(=O)[C@H](C(C)C)N(C)C(=O)C2(CCCC2)NC(=O)[C@@H]2CCCN2C(=O)[C@H](CCC2CCC(C(F)(F)F)C(Cl)C2)NC(=O)CN(C)C(=O)[C@H](CC2CCCCC2)N(C)C(=O)[C@@H]2CCN2C(=O)[C@H](CC2CCCC2)N(C)C1=O. The van der Waals surface area contributed by atoms with E-state index in [1.807, 2.05) is 6.92 Å². The number of piperidine rings is 1. The molecule has 0 aromatic carbocycles. The number of likely N-dealkylation sites (N-methyl/N-ethyl adjacent to an activating group) is 6. The zero-order valence-electron chi connectivity index (χ0n) is 62.5. The average molecular weight is 1460 g/mol. The highest BCUT2D eigenvalue weighted by Gasteiger charge is 2.53. The Hall–Kier alpha value is -6.28. The molecule has 1 spiro atoms. The van der Waals surface area contributed by atoms with Gasteiger partial charge >= 0.3 is 6.18 Å². The minimum atomic E-state index is -4.51. The van der Waals surface area contributed by atoms with Crippen molar-refractivity contribution in [2.45, 2.75) is 286 Å². The predicted molar refractivity (Wildman–Crippen MR) is 377 cm³/mol. The number of amides is 12. The molecule has 12 amide bonds. The Morgan fingerprint density at radius 1 is 0.569 bits per heavy atom. The number of fused-ring (bicyclic) bond motifs is 2. The molecule has 102 heavy (non-hydrogen) atoms. The summed E-state index contributed by atoms with van der Waals surface area (Å²) in [6.07, 6.45) is 8.35. The van der Waals surface area contributed by atoms with E-state index < -0.39 is 173 Å². The zero-order valence-corrected chi connectivity index (χ0v) is 63.3. The fourth-order valence-corrected chi connectivity index (χ4v) is 18.1. The third kappa shape index (κ3) is 19.0. The Morgan fingerprint density at radius 2 is 1.15 bits per heavy atom. The Bertz CT molecular complexity index is 3010. The van der Waals surface area contributed by atoms with Crippen molar-refractivity contribution in [2.24, 2.45) is 35.5 Å². The molecule has 0 aromatic heterocycles. The molecule has 8 fully saturated rings. The fourth-order valence-electron chi connectivity index (χ4n) is 17.6. The van der Waals surface area contributed by atoms with Crippen LogP contribution >= 0.6 is 11.6 Å². The van der Waals surface area contributed by atoms with Crippen molar-refractivity contribution < 1.29 is 70.7 Å². The molecule has 24 nitrogen and oxygen atoms in total. The molecule has 4 aliphatic heterocycles. The lowest BCUT2D eigenvalue weighted by atomic mass is 9.78. The molecule has 0 bridgehead atoms. The van der Waals surface area contributed by atoms with Gasteiger partial charge in [-0.15, -0.1) is 11.6 Å². The summed E-state index contributed by atoms with van der Waals surface area (Å²) in [6.45, 7) is 9.08. The van der Waals surface area contributed by atoms with Crippen LogP contribution in [0.2, 0.25) is 0 Å². The van der Waals surface area contributed by atoms with Crippen molar-refractivity contribution in [3.8, 4) is 0 Å². The van der Waals surface area contributed by atoms with Gasteiger partial charge in [0.2, 0.25) is 70.9 Å². The smallest absolute Gasteiger partial charge is 0.343 e. The predicted octanol–water partition coefficient (Wildman–Crippen LogP) is 6.63. The normalized spacial score (nSPS) is 31.5. The molecule has 0 radical (unpaired) electrons. The standard InChI is InChI=1S/C74H118ClF3N12O12/c1-12-46(4)61-70(100)85(9)57(42-49-26-17-18-27-49)69(99)90-39-33-55(90)67(97)84(8)56(41-48-24-15-13-16-25-48)66(96)82(6)44-59(91)79-53(32-30-50-29-31-51(52(75)40-50)74(76,77)78)65(95)89-38-23-28-54(89)64(94)81-73(34-19-20-35-73)72(102)87(11)62(45(2)3)71(101)86(10)58(68(98)88-36-21-14-22-37-88)43-60(92)83(7)47(5)63(93)80-61/h45-58,61-62H,12-44H2,1-11H3,(H,79,91)(H,80,93)(H,81,94)/t46-,47-,50?,51?,52?,53-,54-,55-,56-,57-,58-,61-,62-/m0/s1. The zero-order chi connectivity index (χ0) is 74.8. The molecule has 4 aliphatic carbocycles. The Morgan fingerprint density at radius 3 is 1.72 bits per heavy atom. The van der Waals surface area contributed by atoms with Gasteiger partial charge in [0.1, 0.15) is 59.9 Å². The largest absolute Gasteiger partial charge is 0.393 e. The number of halogens is 4. The van der Waals surface area contributed by atoms with Crippen molar-refractivity contribution in [3.63, 3.8) is 0 Å². The van der Waals surface area contributed by atoms with Gasteiger partial charge in [-0.1, -0.05) is 105 Å². The Labute approximate surface area is 607 Å². The summed E-state index contributed by atoms with van der Waals surface area (Å²) in [5, 5.41) is 7.62. The Kier molecular flexibility index (Phi) is 28.5. The molecule has 4 heterocycles. The highest BCUT2D eigenvalue weighted by Crippen LogP contribution is 2.44. The van der Waals surface area contributed by atoms with E-state index in [-0.39, 0.29) is 101 Å². The summed E-state index contributed by atoms with van der Waals surface area (Å²) < 4.78 is 42.1. The second-order valence-corrected chi connectivity index (χ2v) is 32.4. The number of hydrogen-bond donors (Lipinski definition) is 3. The number of rotatable bonds is 11. The first kappa shape index (κ1) is 81.4. The summed E-state index contributed by atoms with van der Waals surface area (Å²) in [7, 11) is 8.77. The highest BCUT2D eigenvalue weighted by atomic mass is 35.5. The first-order valence-corrected chi connectivity index (χ1v) is 38.7. The molecule has 4 saturated heterocycles. The maximum Gasteiger partial charge on any atom is 0.393 e. The maximum atomic E-state index is 15.4. The van der Waals surface area contributed by atoms with Gasteiger partial charge in [0.05, 0.1) is 18.9 Å². The van der Waals surface area contributed by atoms with Gasteiger partial charge in [0.15, 0.2) is 0 Å². The van der Waals surface area contributed by atoms with Crippen molar-refractivity contribution in [1.82, 2.24) is 60.0 Å². The van der Waals surface area contributed by atoms with Crippen LogP contribution in [0.15, 0.2) is 0 Å². The maximum absolute atomic E-state index is 15.4. The van der Waals surface area contributed by atoms with Gasteiger partial charge in [-0.3, -0.25) is 57.5 Å². The molecule has 574 valence electrons. The van der Waals surface area contributed by atoms with Crippen molar-refractivity contribution in [1.29, 1.82) is 0 Å². The number of hydrogen-bond acceptors (Lipinski definition) is 12. The van der Waals surface area contributed by atoms with E-state index in [0.717, 1.165) is 64.2 Å². The van der Waals surface area contributed by atoms with Crippen LogP contribution in [-0.2, 0) is 57.5 Å². The molecule has 8 rings (SSSR count). The minimum Gasteiger partial charge on any atom is -0.343 e. The topological polar surface area (TPSA) is 270 Å². The van der Waals surface area contributed by atoms with Crippen LogP contribution in [0.3, 0.4) is 0 Å². The minimum absolute atomic E-state index is 0.00344. The lowest BCUT2D eigenvalue weighted by molar-refractivity contribution is -0.182. The number of carbonyl (C=O) groups is 12.